The topological polar surface area (TPSA) is 79.3 Å². The first-order valence-corrected chi connectivity index (χ1v) is 9.57. The second-order valence-electron chi connectivity index (χ2n) is 7.24. The summed E-state index contributed by atoms with van der Waals surface area (Å²) in [6.45, 7) is 4.44. The maximum atomic E-state index is 12.6. The van der Waals surface area contributed by atoms with Gasteiger partial charge in [0.05, 0.1) is 13.0 Å². The van der Waals surface area contributed by atoms with Gasteiger partial charge in [-0.05, 0) is 31.4 Å². The van der Waals surface area contributed by atoms with Crippen molar-refractivity contribution in [2.45, 2.75) is 19.3 Å². The molecule has 1 N–H and O–H groups in total. The largest absolute Gasteiger partial charge is 0.497 e. The summed E-state index contributed by atoms with van der Waals surface area (Å²) in [5.41, 5.74) is 0. The Kier molecular flexibility index (Phi) is 6.55. The van der Waals surface area contributed by atoms with E-state index in [4.69, 9.17) is 14.6 Å². The van der Waals surface area contributed by atoms with Crippen LogP contribution in [0.25, 0.3) is 0 Å². The van der Waals surface area contributed by atoms with E-state index in [1.165, 1.54) is 0 Å². The lowest BCUT2D eigenvalue weighted by molar-refractivity contribution is -0.142. The first-order chi connectivity index (χ1) is 13.1. The molecule has 0 aromatic heterocycles. The second-order valence-corrected chi connectivity index (χ2v) is 7.24. The number of aliphatic carboxylic acids is 1. The molecule has 0 spiro atoms. The number of carbonyl (C=O) groups is 2. The van der Waals surface area contributed by atoms with Crippen LogP contribution in [0.3, 0.4) is 0 Å². The van der Waals surface area contributed by atoms with E-state index >= 15 is 0 Å². The van der Waals surface area contributed by atoms with Gasteiger partial charge in [0.1, 0.15) is 18.1 Å². The Morgan fingerprint density at radius 1 is 1.11 bits per heavy atom. The molecular formula is C20H28N2O5. The number of hydrogen-bond acceptors (Lipinski definition) is 5. The van der Waals surface area contributed by atoms with Crippen molar-refractivity contribution in [1.82, 2.24) is 9.80 Å². The molecule has 0 bridgehead atoms. The van der Waals surface area contributed by atoms with Gasteiger partial charge in [-0.1, -0.05) is 6.07 Å². The van der Waals surface area contributed by atoms with Crippen LogP contribution in [0.4, 0.5) is 0 Å². The molecule has 0 unspecified atom stereocenters. The van der Waals surface area contributed by atoms with Crippen molar-refractivity contribution in [2.24, 2.45) is 11.8 Å². The zero-order valence-electron chi connectivity index (χ0n) is 15.8. The first-order valence-electron chi connectivity index (χ1n) is 9.57. The quantitative estimate of drug-likeness (QED) is 0.781. The highest BCUT2D eigenvalue weighted by Crippen LogP contribution is 2.32. The fraction of sp³-hybridized carbons (Fsp3) is 0.600. The molecule has 1 aromatic carbocycles. The Morgan fingerprint density at radius 2 is 1.81 bits per heavy atom. The number of rotatable bonds is 7. The minimum atomic E-state index is -0.772. The van der Waals surface area contributed by atoms with Gasteiger partial charge in [0.15, 0.2) is 0 Å². The molecule has 3 rings (SSSR count). The van der Waals surface area contributed by atoms with Crippen LogP contribution in [0.1, 0.15) is 19.3 Å². The number of amides is 1. The number of benzene rings is 1. The highest BCUT2D eigenvalue weighted by molar-refractivity contribution is 5.81. The van der Waals surface area contributed by atoms with Crippen molar-refractivity contribution in [1.29, 1.82) is 0 Å². The molecule has 0 radical (unpaired) electrons. The Balaban J connectivity index is 1.37. The third kappa shape index (κ3) is 5.13. The molecule has 148 valence electrons. The maximum Gasteiger partial charge on any atom is 0.306 e. The van der Waals surface area contributed by atoms with Gasteiger partial charge in [-0.3, -0.25) is 14.5 Å². The summed E-state index contributed by atoms with van der Waals surface area (Å²) in [6, 6.07) is 7.55. The Labute approximate surface area is 159 Å². The van der Waals surface area contributed by atoms with E-state index in [0.29, 0.717) is 39.0 Å². The molecule has 1 saturated heterocycles. The SMILES string of the molecule is COc1cccc(OCCN2CCN(C(=O)[C@H]3CC[C@@H](C(=O)O)C3)CC2)c1. The summed E-state index contributed by atoms with van der Waals surface area (Å²) in [6.07, 6.45) is 1.81. The fourth-order valence-corrected chi connectivity index (χ4v) is 3.86. The molecule has 1 heterocycles. The van der Waals surface area contributed by atoms with E-state index < -0.39 is 5.97 Å². The summed E-state index contributed by atoms with van der Waals surface area (Å²) >= 11 is 0. The summed E-state index contributed by atoms with van der Waals surface area (Å²) < 4.78 is 11.0. The minimum Gasteiger partial charge on any atom is -0.497 e. The molecular weight excluding hydrogens is 348 g/mol. The van der Waals surface area contributed by atoms with Crippen LogP contribution in [0.5, 0.6) is 11.5 Å². The van der Waals surface area contributed by atoms with E-state index in [1.807, 2.05) is 29.2 Å². The minimum absolute atomic E-state index is 0.117. The fourth-order valence-electron chi connectivity index (χ4n) is 3.86. The van der Waals surface area contributed by atoms with Crippen molar-refractivity contribution in [2.75, 3.05) is 46.4 Å². The lowest BCUT2D eigenvalue weighted by Crippen LogP contribution is -2.50. The van der Waals surface area contributed by atoms with E-state index in [2.05, 4.69) is 4.90 Å². The summed E-state index contributed by atoms with van der Waals surface area (Å²) in [5, 5.41) is 9.10. The molecule has 7 heteroatoms. The van der Waals surface area contributed by atoms with Crippen LogP contribution >= 0.6 is 0 Å². The Morgan fingerprint density at radius 3 is 2.48 bits per heavy atom. The van der Waals surface area contributed by atoms with E-state index in [0.717, 1.165) is 31.1 Å². The lowest BCUT2D eigenvalue weighted by Gasteiger charge is -2.35. The van der Waals surface area contributed by atoms with Crippen molar-refractivity contribution in [3.63, 3.8) is 0 Å². The predicted molar refractivity (Wildman–Crippen MR) is 100.0 cm³/mol. The van der Waals surface area contributed by atoms with Gasteiger partial charge in [0.25, 0.3) is 0 Å². The molecule has 1 aliphatic carbocycles. The molecule has 7 nitrogen and oxygen atoms in total. The Bertz CT molecular complexity index is 658. The second kappa shape index (κ2) is 9.08. The Hall–Kier alpha value is -2.28. The van der Waals surface area contributed by atoms with Crippen LogP contribution in [0.15, 0.2) is 24.3 Å². The van der Waals surface area contributed by atoms with E-state index in [-0.39, 0.29) is 17.7 Å². The molecule has 27 heavy (non-hydrogen) atoms. The number of carboxylic acid groups (broad SMARTS) is 1. The highest BCUT2D eigenvalue weighted by Gasteiger charge is 2.36. The lowest BCUT2D eigenvalue weighted by atomic mass is 10.0. The van der Waals surface area contributed by atoms with Crippen LogP contribution in [0.2, 0.25) is 0 Å². The third-order valence-corrected chi connectivity index (χ3v) is 5.53. The van der Waals surface area contributed by atoms with Gasteiger partial charge in [0, 0.05) is 44.7 Å². The molecule has 2 atom stereocenters. The standard InChI is InChI=1S/C20H28N2O5/c1-26-17-3-2-4-18(14-17)27-12-11-21-7-9-22(10-8-21)19(23)15-5-6-16(13-15)20(24)25/h2-4,14-16H,5-13H2,1H3,(H,24,25)/t15-,16+/m0/s1. The molecule has 1 saturated carbocycles. The first kappa shape index (κ1) is 19.5. The normalized spacial score (nSPS) is 23.2. The van der Waals surface area contributed by atoms with Gasteiger partial charge in [-0.15, -0.1) is 0 Å². The van der Waals surface area contributed by atoms with Crippen molar-refractivity contribution >= 4 is 11.9 Å². The van der Waals surface area contributed by atoms with E-state index in [9.17, 15) is 9.59 Å². The van der Waals surface area contributed by atoms with Crippen molar-refractivity contribution < 1.29 is 24.2 Å². The molecule has 1 amide bonds. The molecule has 2 aliphatic rings. The van der Waals surface area contributed by atoms with Gasteiger partial charge < -0.3 is 19.5 Å². The number of methoxy groups -OCH3 is 1. The molecule has 2 fully saturated rings. The van der Waals surface area contributed by atoms with Crippen molar-refractivity contribution in [3.8, 4) is 11.5 Å². The zero-order valence-corrected chi connectivity index (χ0v) is 15.8. The number of piperazine rings is 1. The molecule has 1 aromatic rings. The molecule has 1 aliphatic heterocycles. The van der Waals surface area contributed by atoms with E-state index in [1.54, 1.807) is 7.11 Å². The summed E-state index contributed by atoms with van der Waals surface area (Å²) in [4.78, 5) is 27.9. The van der Waals surface area contributed by atoms with Gasteiger partial charge in [0.2, 0.25) is 5.91 Å². The zero-order chi connectivity index (χ0) is 19.2. The monoisotopic (exact) mass is 376 g/mol. The summed E-state index contributed by atoms with van der Waals surface area (Å²) in [5.74, 6) is 0.453. The predicted octanol–water partition coefficient (Wildman–Crippen LogP) is 1.72. The third-order valence-electron chi connectivity index (χ3n) is 5.53. The van der Waals surface area contributed by atoms with Crippen LogP contribution in [-0.2, 0) is 9.59 Å². The number of hydrogen-bond donors (Lipinski definition) is 1. The maximum absolute atomic E-state index is 12.6. The number of carboxylic acids is 1. The van der Waals surface area contributed by atoms with Crippen LogP contribution in [-0.4, -0.2) is 73.2 Å². The average Bonchev–Trinajstić information content (AvgIpc) is 3.19. The highest BCUT2D eigenvalue weighted by atomic mass is 16.5. The smallest absolute Gasteiger partial charge is 0.306 e. The van der Waals surface area contributed by atoms with Gasteiger partial charge >= 0.3 is 5.97 Å². The van der Waals surface area contributed by atoms with Gasteiger partial charge in [-0.25, -0.2) is 0 Å². The van der Waals surface area contributed by atoms with Gasteiger partial charge in [-0.2, -0.15) is 0 Å². The number of ether oxygens (including phenoxy) is 2. The van der Waals surface area contributed by atoms with Crippen LogP contribution in [0, 0.1) is 11.8 Å². The average molecular weight is 376 g/mol. The number of nitrogens with zero attached hydrogens (tertiary/aromatic N) is 2. The van der Waals surface area contributed by atoms with Crippen LogP contribution < -0.4 is 9.47 Å². The summed E-state index contributed by atoms with van der Waals surface area (Å²) in [7, 11) is 1.63. The van der Waals surface area contributed by atoms with Crippen molar-refractivity contribution in [3.05, 3.63) is 24.3 Å². The number of carbonyl (C=O) groups excluding carboxylic acids is 1.